The lowest BCUT2D eigenvalue weighted by Crippen LogP contribution is -2.41. The van der Waals surface area contributed by atoms with Crippen molar-refractivity contribution >= 4 is 24.0 Å². The van der Waals surface area contributed by atoms with Gasteiger partial charge in [0.05, 0.1) is 16.1 Å². The quantitative estimate of drug-likeness (QED) is 0.385. The van der Waals surface area contributed by atoms with Crippen molar-refractivity contribution in [2.24, 2.45) is 0 Å². The third kappa shape index (κ3) is 2.25. The van der Waals surface area contributed by atoms with Gasteiger partial charge in [0.25, 0.3) is 5.69 Å². The highest BCUT2D eigenvalue weighted by molar-refractivity contribution is 6.62. The first-order valence-corrected chi connectivity index (χ1v) is 6.14. The molecule has 1 aromatic carbocycles. The van der Waals surface area contributed by atoms with Crippen molar-refractivity contribution in [3.8, 4) is 0 Å². The summed E-state index contributed by atoms with van der Waals surface area (Å²) in [6.07, 6.45) is 0. The summed E-state index contributed by atoms with van der Waals surface area (Å²) in [6.45, 7) is 7.37. The smallest absolute Gasteiger partial charge is 0.399 e. The summed E-state index contributed by atoms with van der Waals surface area (Å²) < 4.78 is 25.2. The molecule has 1 saturated heterocycles. The number of halogens is 1. The average Bonchev–Trinajstić information content (AvgIpc) is 2.51. The molecule has 0 spiro atoms. The van der Waals surface area contributed by atoms with E-state index in [1.807, 2.05) is 27.7 Å². The van der Waals surface area contributed by atoms with Gasteiger partial charge in [0.1, 0.15) is 5.69 Å². The Morgan fingerprint density at radius 2 is 1.75 bits per heavy atom. The van der Waals surface area contributed by atoms with Crippen LogP contribution in [0.2, 0.25) is 0 Å². The van der Waals surface area contributed by atoms with Gasteiger partial charge in [0, 0.05) is 6.07 Å². The first-order valence-electron chi connectivity index (χ1n) is 6.14. The van der Waals surface area contributed by atoms with E-state index in [0.717, 1.165) is 6.07 Å². The number of nitro groups is 1. The number of rotatable bonds is 2. The van der Waals surface area contributed by atoms with Gasteiger partial charge in [-0.25, -0.2) is 4.39 Å². The highest BCUT2D eigenvalue weighted by atomic mass is 19.1. The molecule has 6 nitrogen and oxygen atoms in total. The van der Waals surface area contributed by atoms with E-state index in [9.17, 15) is 14.5 Å². The summed E-state index contributed by atoms with van der Waals surface area (Å²) in [5, 5.41) is 10.9. The van der Waals surface area contributed by atoms with E-state index in [0.29, 0.717) is 0 Å². The molecule has 0 radical (unpaired) electrons. The second-order valence-electron chi connectivity index (χ2n) is 5.78. The molecule has 0 saturated carbocycles. The summed E-state index contributed by atoms with van der Waals surface area (Å²) in [5.74, 6) is -0.857. The summed E-state index contributed by atoms with van der Waals surface area (Å²) >= 11 is 0. The highest BCUT2D eigenvalue weighted by Crippen LogP contribution is 2.37. The standard InChI is InChI=1S/C12H16BFN2O4/c1-11(2)12(3,4)20-13(19-11)7-5-8(14)10(15)9(6-7)16(17)18/h5-6H,15H2,1-4H3. The topological polar surface area (TPSA) is 87.6 Å². The van der Waals surface area contributed by atoms with Crippen LogP contribution in [0.25, 0.3) is 0 Å². The predicted octanol–water partition coefficient (Wildman–Crippen LogP) is 1.62. The van der Waals surface area contributed by atoms with Crippen LogP contribution in [0.15, 0.2) is 12.1 Å². The minimum Gasteiger partial charge on any atom is -0.399 e. The zero-order valence-corrected chi connectivity index (χ0v) is 11.8. The Hall–Kier alpha value is -1.67. The van der Waals surface area contributed by atoms with Crippen LogP contribution in [-0.4, -0.2) is 23.2 Å². The Labute approximate surface area is 116 Å². The van der Waals surface area contributed by atoms with Gasteiger partial charge in [0.2, 0.25) is 0 Å². The van der Waals surface area contributed by atoms with Crippen LogP contribution in [0.1, 0.15) is 27.7 Å². The van der Waals surface area contributed by atoms with Crippen LogP contribution in [0.4, 0.5) is 15.8 Å². The molecule has 0 amide bonds. The van der Waals surface area contributed by atoms with Gasteiger partial charge >= 0.3 is 7.12 Å². The lowest BCUT2D eigenvalue weighted by Gasteiger charge is -2.32. The van der Waals surface area contributed by atoms with Gasteiger partial charge in [-0.2, -0.15) is 0 Å². The van der Waals surface area contributed by atoms with Crippen molar-refractivity contribution in [1.29, 1.82) is 0 Å². The summed E-state index contributed by atoms with van der Waals surface area (Å²) in [5.41, 5.74) is 3.40. The normalized spacial score (nSPS) is 20.1. The van der Waals surface area contributed by atoms with E-state index < -0.39 is 40.4 Å². The van der Waals surface area contributed by atoms with Gasteiger partial charge in [-0.15, -0.1) is 0 Å². The molecule has 0 unspecified atom stereocenters. The first-order chi connectivity index (χ1) is 9.05. The molecule has 2 N–H and O–H groups in total. The van der Waals surface area contributed by atoms with Gasteiger partial charge < -0.3 is 15.0 Å². The Morgan fingerprint density at radius 1 is 1.25 bits per heavy atom. The molecule has 1 aliphatic heterocycles. The second-order valence-corrected chi connectivity index (χ2v) is 5.78. The third-order valence-corrected chi connectivity index (χ3v) is 3.85. The first kappa shape index (κ1) is 14.7. The number of nitrogens with zero attached hydrogens (tertiary/aromatic N) is 1. The fraction of sp³-hybridized carbons (Fsp3) is 0.500. The van der Waals surface area contributed by atoms with Crippen LogP contribution in [0.5, 0.6) is 0 Å². The number of hydrogen-bond acceptors (Lipinski definition) is 5. The molecule has 0 aliphatic carbocycles. The van der Waals surface area contributed by atoms with Crippen molar-refractivity contribution in [3.05, 3.63) is 28.1 Å². The molecule has 2 rings (SSSR count). The average molecular weight is 282 g/mol. The molecule has 20 heavy (non-hydrogen) atoms. The van der Waals surface area contributed by atoms with Crippen molar-refractivity contribution in [2.45, 2.75) is 38.9 Å². The molecule has 1 heterocycles. The number of hydrogen-bond donors (Lipinski definition) is 1. The van der Waals surface area contributed by atoms with E-state index in [1.165, 1.54) is 6.07 Å². The van der Waals surface area contributed by atoms with Gasteiger partial charge in [0.15, 0.2) is 5.82 Å². The van der Waals surface area contributed by atoms with E-state index in [-0.39, 0.29) is 5.46 Å². The van der Waals surface area contributed by atoms with Gasteiger partial charge in [-0.05, 0) is 39.2 Å². The van der Waals surface area contributed by atoms with Crippen molar-refractivity contribution in [2.75, 3.05) is 5.73 Å². The Kier molecular flexibility index (Phi) is 3.26. The van der Waals surface area contributed by atoms with Crippen LogP contribution < -0.4 is 11.2 Å². The third-order valence-electron chi connectivity index (χ3n) is 3.85. The van der Waals surface area contributed by atoms with Gasteiger partial charge in [-0.3, -0.25) is 10.1 Å². The summed E-state index contributed by atoms with van der Waals surface area (Å²) in [7, 11) is -0.867. The minimum absolute atomic E-state index is 0.238. The Morgan fingerprint density at radius 3 is 2.20 bits per heavy atom. The number of nitro benzene ring substituents is 1. The lowest BCUT2D eigenvalue weighted by atomic mass is 9.78. The SMILES string of the molecule is CC1(C)OB(c2cc(F)c(N)c([N+](=O)[O-])c2)OC1(C)C. The fourth-order valence-electron chi connectivity index (χ4n) is 1.89. The van der Waals surface area contributed by atoms with Crippen molar-refractivity contribution in [3.63, 3.8) is 0 Å². The molecule has 1 aliphatic rings. The maximum Gasteiger partial charge on any atom is 0.495 e. The van der Waals surface area contributed by atoms with E-state index in [4.69, 9.17) is 15.0 Å². The molecule has 108 valence electrons. The predicted molar refractivity (Wildman–Crippen MR) is 73.2 cm³/mol. The van der Waals surface area contributed by atoms with Gasteiger partial charge in [-0.1, -0.05) is 0 Å². The molecule has 0 atom stereocenters. The summed E-state index contributed by atoms with van der Waals surface area (Å²) in [4.78, 5) is 10.1. The van der Waals surface area contributed by atoms with Crippen molar-refractivity contribution < 1.29 is 18.6 Å². The molecular weight excluding hydrogens is 266 g/mol. The van der Waals surface area contributed by atoms with E-state index in [2.05, 4.69) is 0 Å². The Balaban J connectivity index is 2.43. The fourth-order valence-corrected chi connectivity index (χ4v) is 1.89. The van der Waals surface area contributed by atoms with E-state index >= 15 is 0 Å². The van der Waals surface area contributed by atoms with Crippen LogP contribution in [0.3, 0.4) is 0 Å². The van der Waals surface area contributed by atoms with Crippen LogP contribution >= 0.6 is 0 Å². The summed E-state index contributed by atoms with van der Waals surface area (Å²) in [6, 6.07) is 2.28. The van der Waals surface area contributed by atoms with Crippen LogP contribution in [-0.2, 0) is 9.31 Å². The molecule has 1 aromatic rings. The monoisotopic (exact) mass is 282 g/mol. The number of anilines is 1. The lowest BCUT2D eigenvalue weighted by molar-refractivity contribution is -0.384. The molecule has 0 aromatic heterocycles. The molecular formula is C12H16BFN2O4. The number of nitrogens with two attached hydrogens (primary N) is 1. The minimum atomic E-state index is -0.867. The van der Waals surface area contributed by atoms with E-state index in [1.54, 1.807) is 0 Å². The number of nitrogen functional groups attached to an aromatic ring is 1. The number of benzene rings is 1. The zero-order valence-electron chi connectivity index (χ0n) is 11.8. The second kappa shape index (κ2) is 4.42. The molecule has 0 bridgehead atoms. The molecule has 8 heteroatoms. The molecule has 1 fully saturated rings. The zero-order chi connectivity index (χ0) is 15.3. The maximum atomic E-state index is 13.7. The maximum absolute atomic E-state index is 13.7. The van der Waals surface area contributed by atoms with Crippen molar-refractivity contribution in [1.82, 2.24) is 0 Å². The highest BCUT2D eigenvalue weighted by Gasteiger charge is 2.52. The Bertz CT molecular complexity index is 561. The largest absolute Gasteiger partial charge is 0.495 e. The van der Waals surface area contributed by atoms with Crippen LogP contribution in [0, 0.1) is 15.9 Å².